The van der Waals surface area contributed by atoms with Crippen LogP contribution in [-0.4, -0.2) is 32.9 Å². The fourth-order valence-electron chi connectivity index (χ4n) is 2.55. The number of nitrogens with zero attached hydrogens (tertiary/aromatic N) is 2. The molecule has 2 heterocycles. The lowest BCUT2D eigenvalue weighted by Gasteiger charge is -2.07. The average molecular weight is 285 g/mol. The maximum Gasteiger partial charge on any atom is 0.232 e. The Balaban J connectivity index is 1.55. The van der Waals surface area contributed by atoms with Gasteiger partial charge in [-0.3, -0.25) is 0 Å². The molecule has 2 fully saturated rings. The summed E-state index contributed by atoms with van der Waals surface area (Å²) in [5.41, 5.74) is 6.04. The molecule has 0 bridgehead atoms. The molecule has 2 atom stereocenters. The van der Waals surface area contributed by atoms with Gasteiger partial charge >= 0.3 is 0 Å². The lowest BCUT2D eigenvalue weighted by atomic mass is 10.1. The highest BCUT2D eigenvalue weighted by Crippen LogP contribution is 2.33. The fourth-order valence-corrected chi connectivity index (χ4v) is 5.00. The molecule has 100 valence electrons. The maximum atomic E-state index is 6.04. The Morgan fingerprint density at radius 2 is 2.17 bits per heavy atom. The molecule has 1 aliphatic heterocycles. The van der Waals surface area contributed by atoms with Crippen molar-refractivity contribution in [2.45, 2.75) is 48.6 Å². The summed E-state index contributed by atoms with van der Waals surface area (Å²) in [6.07, 6.45) is 5.45. The number of nitrogens with two attached hydrogens (primary N) is 1. The summed E-state index contributed by atoms with van der Waals surface area (Å²) in [4.78, 5) is 4.51. The van der Waals surface area contributed by atoms with Crippen LogP contribution in [0.1, 0.15) is 43.3 Å². The standard InChI is InChI=1S/C12H19N3OS2/c13-10-6-17-5-9(10)12-14-11(15-16-12)7-18-8-3-1-2-4-8/h8-10H,1-7,13H2. The third-order valence-electron chi connectivity index (χ3n) is 3.68. The topological polar surface area (TPSA) is 64.9 Å². The Kier molecular flexibility index (Phi) is 4.16. The van der Waals surface area contributed by atoms with E-state index in [1.54, 1.807) is 0 Å². The molecule has 2 unspecified atom stereocenters. The molecule has 1 saturated heterocycles. The van der Waals surface area contributed by atoms with Gasteiger partial charge < -0.3 is 10.3 Å². The minimum absolute atomic E-state index is 0.172. The normalized spacial score (nSPS) is 29.2. The van der Waals surface area contributed by atoms with Gasteiger partial charge in [0.15, 0.2) is 5.82 Å². The minimum atomic E-state index is 0.172. The van der Waals surface area contributed by atoms with Gasteiger partial charge in [-0.15, -0.1) is 0 Å². The molecule has 18 heavy (non-hydrogen) atoms. The smallest absolute Gasteiger partial charge is 0.232 e. The molecule has 0 amide bonds. The van der Waals surface area contributed by atoms with Gasteiger partial charge in [-0.25, -0.2) is 0 Å². The zero-order valence-electron chi connectivity index (χ0n) is 10.4. The summed E-state index contributed by atoms with van der Waals surface area (Å²) in [7, 11) is 0. The van der Waals surface area contributed by atoms with E-state index in [-0.39, 0.29) is 12.0 Å². The zero-order chi connectivity index (χ0) is 12.4. The van der Waals surface area contributed by atoms with Crippen LogP contribution in [0, 0.1) is 0 Å². The zero-order valence-corrected chi connectivity index (χ0v) is 12.0. The van der Waals surface area contributed by atoms with E-state index in [0.29, 0.717) is 0 Å². The fraction of sp³-hybridized carbons (Fsp3) is 0.833. The number of thioether (sulfide) groups is 2. The molecular formula is C12H19N3OS2. The number of aromatic nitrogens is 2. The van der Waals surface area contributed by atoms with Crippen molar-refractivity contribution in [3.05, 3.63) is 11.7 Å². The Morgan fingerprint density at radius 1 is 1.33 bits per heavy atom. The average Bonchev–Trinajstić information content (AvgIpc) is 3.07. The van der Waals surface area contributed by atoms with Gasteiger partial charge in [0.2, 0.25) is 5.89 Å². The molecule has 1 aromatic rings. The van der Waals surface area contributed by atoms with Crippen molar-refractivity contribution < 1.29 is 4.52 Å². The van der Waals surface area contributed by atoms with Gasteiger partial charge in [-0.1, -0.05) is 18.0 Å². The second kappa shape index (κ2) is 5.84. The van der Waals surface area contributed by atoms with Crippen LogP contribution >= 0.6 is 23.5 Å². The molecule has 0 radical (unpaired) electrons. The first-order valence-corrected chi connectivity index (χ1v) is 8.80. The molecule has 2 N–H and O–H groups in total. The third kappa shape index (κ3) is 2.86. The molecule has 1 saturated carbocycles. The van der Waals surface area contributed by atoms with E-state index in [0.717, 1.165) is 34.2 Å². The van der Waals surface area contributed by atoms with Crippen LogP contribution in [0.5, 0.6) is 0 Å². The van der Waals surface area contributed by atoms with E-state index in [4.69, 9.17) is 10.3 Å². The van der Waals surface area contributed by atoms with Gasteiger partial charge in [0.25, 0.3) is 0 Å². The summed E-state index contributed by atoms with van der Waals surface area (Å²) in [6, 6.07) is 0.172. The molecule has 4 nitrogen and oxygen atoms in total. The van der Waals surface area contributed by atoms with Gasteiger partial charge in [0, 0.05) is 22.8 Å². The van der Waals surface area contributed by atoms with Crippen LogP contribution in [0.15, 0.2) is 4.52 Å². The predicted molar refractivity (Wildman–Crippen MR) is 75.9 cm³/mol. The highest BCUT2D eigenvalue weighted by atomic mass is 32.2. The van der Waals surface area contributed by atoms with Gasteiger partial charge in [-0.2, -0.15) is 28.5 Å². The van der Waals surface area contributed by atoms with Gasteiger partial charge in [0.05, 0.1) is 11.7 Å². The molecule has 1 aromatic heterocycles. The summed E-state index contributed by atoms with van der Waals surface area (Å²) in [5, 5.41) is 4.89. The maximum absolute atomic E-state index is 6.04. The van der Waals surface area contributed by atoms with Crippen LogP contribution in [0.25, 0.3) is 0 Å². The summed E-state index contributed by atoms with van der Waals surface area (Å²) in [6.45, 7) is 0. The first kappa shape index (κ1) is 12.8. The Hall–Kier alpha value is -0.200. The van der Waals surface area contributed by atoms with Gasteiger partial charge in [-0.05, 0) is 12.8 Å². The van der Waals surface area contributed by atoms with Crippen molar-refractivity contribution in [1.82, 2.24) is 10.1 Å². The molecular weight excluding hydrogens is 266 g/mol. The molecule has 0 spiro atoms. The summed E-state index contributed by atoms with van der Waals surface area (Å²) >= 11 is 3.84. The molecule has 0 aromatic carbocycles. The first-order chi connectivity index (χ1) is 8.83. The summed E-state index contributed by atoms with van der Waals surface area (Å²) < 4.78 is 5.37. The lowest BCUT2D eigenvalue weighted by molar-refractivity contribution is 0.349. The SMILES string of the molecule is NC1CSCC1c1nc(CSC2CCCC2)no1. The summed E-state index contributed by atoms with van der Waals surface area (Å²) in [5.74, 6) is 4.73. The second-order valence-corrected chi connectivity index (χ2v) is 7.44. The molecule has 6 heteroatoms. The number of hydrogen-bond donors (Lipinski definition) is 1. The highest BCUT2D eigenvalue weighted by Gasteiger charge is 2.30. The Morgan fingerprint density at radius 3 is 2.89 bits per heavy atom. The number of hydrogen-bond acceptors (Lipinski definition) is 6. The van der Waals surface area contributed by atoms with Crippen molar-refractivity contribution >= 4 is 23.5 Å². The Labute approximate surface area is 116 Å². The highest BCUT2D eigenvalue weighted by molar-refractivity contribution is 7.99. The van der Waals surface area contributed by atoms with E-state index in [2.05, 4.69) is 10.1 Å². The third-order valence-corrected chi connectivity index (χ3v) is 6.26. The van der Waals surface area contributed by atoms with E-state index >= 15 is 0 Å². The van der Waals surface area contributed by atoms with Crippen LogP contribution in [0.3, 0.4) is 0 Å². The quantitative estimate of drug-likeness (QED) is 0.916. The lowest BCUT2D eigenvalue weighted by Crippen LogP contribution is -2.26. The monoisotopic (exact) mass is 285 g/mol. The van der Waals surface area contributed by atoms with E-state index in [1.807, 2.05) is 23.5 Å². The van der Waals surface area contributed by atoms with Crippen molar-refractivity contribution in [2.75, 3.05) is 11.5 Å². The van der Waals surface area contributed by atoms with E-state index < -0.39 is 0 Å². The van der Waals surface area contributed by atoms with E-state index in [9.17, 15) is 0 Å². The number of rotatable bonds is 4. The van der Waals surface area contributed by atoms with Crippen molar-refractivity contribution in [2.24, 2.45) is 5.73 Å². The van der Waals surface area contributed by atoms with Crippen LogP contribution in [0.4, 0.5) is 0 Å². The second-order valence-electron chi connectivity index (χ2n) is 5.07. The first-order valence-electron chi connectivity index (χ1n) is 6.60. The van der Waals surface area contributed by atoms with Gasteiger partial charge in [0.1, 0.15) is 0 Å². The van der Waals surface area contributed by atoms with Crippen LogP contribution < -0.4 is 5.73 Å². The minimum Gasteiger partial charge on any atom is -0.339 e. The van der Waals surface area contributed by atoms with Crippen molar-refractivity contribution in [3.8, 4) is 0 Å². The van der Waals surface area contributed by atoms with E-state index in [1.165, 1.54) is 25.7 Å². The molecule has 3 rings (SSSR count). The Bertz CT molecular complexity index is 392. The van der Waals surface area contributed by atoms with Crippen molar-refractivity contribution in [1.29, 1.82) is 0 Å². The molecule has 1 aliphatic carbocycles. The van der Waals surface area contributed by atoms with Crippen molar-refractivity contribution in [3.63, 3.8) is 0 Å². The predicted octanol–water partition coefficient (Wildman–Crippen LogP) is 2.40. The van der Waals surface area contributed by atoms with Crippen LogP contribution in [0.2, 0.25) is 0 Å². The van der Waals surface area contributed by atoms with Crippen LogP contribution in [-0.2, 0) is 5.75 Å². The molecule has 2 aliphatic rings. The largest absolute Gasteiger partial charge is 0.339 e.